The second-order valence-electron chi connectivity index (χ2n) is 6.25. The zero-order chi connectivity index (χ0) is 11.7. The van der Waals surface area contributed by atoms with Crippen molar-refractivity contribution in [2.75, 3.05) is 19.6 Å². The molecule has 2 atom stereocenters. The van der Waals surface area contributed by atoms with E-state index in [2.05, 4.69) is 37.5 Å². The van der Waals surface area contributed by atoms with Crippen LogP contribution in [0.4, 0.5) is 0 Å². The van der Waals surface area contributed by atoms with Crippen LogP contribution in [0.2, 0.25) is 0 Å². The maximum Gasteiger partial charge on any atom is 0.0249 e. The lowest BCUT2D eigenvalue weighted by molar-refractivity contribution is -0.0228. The normalized spacial score (nSPS) is 33.4. The molecule has 0 N–H and O–H groups in total. The fraction of sp³-hybridized carbons (Fsp3) is 1.00. The van der Waals surface area contributed by atoms with Crippen LogP contribution in [0.3, 0.4) is 0 Å². The Hall–Kier alpha value is -0.0800. The second-order valence-corrected chi connectivity index (χ2v) is 6.25. The molecule has 2 nitrogen and oxygen atoms in total. The van der Waals surface area contributed by atoms with Crippen LogP contribution in [0, 0.1) is 5.92 Å². The van der Waals surface area contributed by atoms with Crippen molar-refractivity contribution in [1.29, 1.82) is 0 Å². The van der Waals surface area contributed by atoms with Gasteiger partial charge >= 0.3 is 0 Å². The summed E-state index contributed by atoms with van der Waals surface area (Å²) in [7, 11) is 0. The van der Waals surface area contributed by atoms with Crippen molar-refractivity contribution < 1.29 is 0 Å². The SMILES string of the molecule is CC(C)C1CN2CCCCC2CN1C(C)C. The molecule has 2 unspecified atom stereocenters. The third kappa shape index (κ3) is 2.43. The van der Waals surface area contributed by atoms with Gasteiger partial charge < -0.3 is 0 Å². The van der Waals surface area contributed by atoms with E-state index >= 15 is 0 Å². The Morgan fingerprint density at radius 1 is 1.00 bits per heavy atom. The van der Waals surface area contributed by atoms with Gasteiger partial charge in [-0.3, -0.25) is 9.80 Å². The zero-order valence-corrected chi connectivity index (χ0v) is 11.4. The number of piperazine rings is 1. The van der Waals surface area contributed by atoms with Gasteiger partial charge in [0.1, 0.15) is 0 Å². The lowest BCUT2D eigenvalue weighted by Crippen LogP contribution is -2.62. The average Bonchev–Trinajstić information content (AvgIpc) is 2.27. The van der Waals surface area contributed by atoms with Gasteiger partial charge in [-0.1, -0.05) is 20.3 Å². The number of fused-ring (bicyclic) bond motifs is 1. The number of nitrogens with zero attached hydrogens (tertiary/aromatic N) is 2. The Morgan fingerprint density at radius 3 is 2.38 bits per heavy atom. The minimum Gasteiger partial charge on any atom is -0.298 e. The first-order chi connectivity index (χ1) is 7.59. The summed E-state index contributed by atoms with van der Waals surface area (Å²) in [5.74, 6) is 0.783. The molecule has 0 bridgehead atoms. The summed E-state index contributed by atoms with van der Waals surface area (Å²) in [5, 5.41) is 0. The van der Waals surface area contributed by atoms with Gasteiger partial charge in [0.05, 0.1) is 0 Å². The van der Waals surface area contributed by atoms with Crippen molar-refractivity contribution in [2.24, 2.45) is 5.92 Å². The lowest BCUT2D eigenvalue weighted by atomic mass is 9.91. The maximum atomic E-state index is 2.76. The largest absolute Gasteiger partial charge is 0.298 e. The Labute approximate surface area is 101 Å². The fourth-order valence-corrected chi connectivity index (χ4v) is 3.42. The van der Waals surface area contributed by atoms with Gasteiger partial charge in [-0.2, -0.15) is 0 Å². The summed E-state index contributed by atoms with van der Waals surface area (Å²) in [6.45, 7) is 13.4. The van der Waals surface area contributed by atoms with Crippen molar-refractivity contribution >= 4 is 0 Å². The highest BCUT2D eigenvalue weighted by atomic mass is 15.3. The van der Waals surface area contributed by atoms with Crippen LogP contribution in [0.1, 0.15) is 47.0 Å². The van der Waals surface area contributed by atoms with Gasteiger partial charge in [0.15, 0.2) is 0 Å². The van der Waals surface area contributed by atoms with Crippen molar-refractivity contribution in [3.8, 4) is 0 Å². The Kier molecular flexibility index (Phi) is 3.91. The van der Waals surface area contributed by atoms with Crippen LogP contribution >= 0.6 is 0 Å². The van der Waals surface area contributed by atoms with Crippen LogP contribution in [-0.4, -0.2) is 47.6 Å². The van der Waals surface area contributed by atoms with Crippen LogP contribution in [0.5, 0.6) is 0 Å². The van der Waals surface area contributed by atoms with Crippen LogP contribution < -0.4 is 0 Å². The quantitative estimate of drug-likeness (QED) is 0.711. The molecule has 0 aromatic heterocycles. The molecule has 2 fully saturated rings. The van der Waals surface area contributed by atoms with Gasteiger partial charge in [0.25, 0.3) is 0 Å². The molecule has 2 aliphatic heterocycles. The van der Waals surface area contributed by atoms with E-state index in [0.717, 1.165) is 18.0 Å². The predicted molar refractivity (Wildman–Crippen MR) is 69.7 cm³/mol. The maximum absolute atomic E-state index is 2.76. The van der Waals surface area contributed by atoms with E-state index in [9.17, 15) is 0 Å². The molecule has 0 radical (unpaired) electrons. The molecule has 2 rings (SSSR count). The van der Waals surface area contributed by atoms with E-state index < -0.39 is 0 Å². The molecular weight excluding hydrogens is 196 g/mol. The first-order valence-electron chi connectivity index (χ1n) is 7.09. The highest BCUT2D eigenvalue weighted by Crippen LogP contribution is 2.28. The molecule has 0 spiro atoms. The number of piperidine rings is 1. The molecule has 0 aliphatic carbocycles. The molecule has 2 saturated heterocycles. The fourth-order valence-electron chi connectivity index (χ4n) is 3.42. The third-order valence-electron chi connectivity index (χ3n) is 4.45. The monoisotopic (exact) mass is 224 g/mol. The van der Waals surface area contributed by atoms with Gasteiger partial charge in [0, 0.05) is 31.2 Å². The minimum atomic E-state index is 0.705. The predicted octanol–water partition coefficient (Wildman–Crippen LogP) is 2.59. The molecule has 2 heterocycles. The number of hydrogen-bond donors (Lipinski definition) is 0. The first kappa shape index (κ1) is 12.4. The van der Waals surface area contributed by atoms with Crippen molar-refractivity contribution in [3.05, 3.63) is 0 Å². The molecule has 0 amide bonds. The van der Waals surface area contributed by atoms with Crippen molar-refractivity contribution in [3.63, 3.8) is 0 Å². The molecule has 2 heteroatoms. The second kappa shape index (κ2) is 5.05. The standard InChI is InChI=1S/C14H28N2/c1-11(2)14-10-15-8-6-5-7-13(15)9-16(14)12(3)4/h11-14H,5-10H2,1-4H3. The van der Waals surface area contributed by atoms with Gasteiger partial charge in [-0.05, 0) is 39.2 Å². The van der Waals surface area contributed by atoms with Crippen molar-refractivity contribution in [2.45, 2.75) is 65.1 Å². The summed E-state index contributed by atoms with van der Waals surface area (Å²) in [6, 6.07) is 2.33. The molecule has 0 aromatic rings. The zero-order valence-electron chi connectivity index (χ0n) is 11.4. The summed E-state index contributed by atoms with van der Waals surface area (Å²) < 4.78 is 0. The first-order valence-corrected chi connectivity index (χ1v) is 7.09. The Balaban J connectivity index is 2.07. The van der Waals surface area contributed by atoms with Crippen LogP contribution in [0.25, 0.3) is 0 Å². The smallest absolute Gasteiger partial charge is 0.0249 e. The van der Waals surface area contributed by atoms with E-state index in [0.29, 0.717) is 6.04 Å². The van der Waals surface area contributed by atoms with Gasteiger partial charge in [-0.15, -0.1) is 0 Å². The summed E-state index contributed by atoms with van der Waals surface area (Å²) >= 11 is 0. The number of hydrogen-bond acceptors (Lipinski definition) is 2. The Bertz CT molecular complexity index is 201. The van der Waals surface area contributed by atoms with Crippen LogP contribution in [0.15, 0.2) is 0 Å². The molecule has 0 saturated carbocycles. The molecule has 2 aliphatic rings. The van der Waals surface area contributed by atoms with E-state index in [1.807, 2.05) is 0 Å². The summed E-state index contributed by atoms with van der Waals surface area (Å²) in [6.07, 6.45) is 4.29. The molecule has 16 heavy (non-hydrogen) atoms. The Morgan fingerprint density at radius 2 is 1.75 bits per heavy atom. The average molecular weight is 224 g/mol. The highest BCUT2D eigenvalue weighted by molar-refractivity contribution is 4.93. The summed E-state index contributed by atoms with van der Waals surface area (Å²) in [5.41, 5.74) is 0. The topological polar surface area (TPSA) is 6.48 Å². The van der Waals surface area contributed by atoms with Gasteiger partial charge in [-0.25, -0.2) is 0 Å². The van der Waals surface area contributed by atoms with Crippen LogP contribution in [-0.2, 0) is 0 Å². The summed E-state index contributed by atoms with van der Waals surface area (Å²) in [4.78, 5) is 5.50. The molecule has 94 valence electrons. The van der Waals surface area contributed by atoms with Gasteiger partial charge in [0.2, 0.25) is 0 Å². The minimum absolute atomic E-state index is 0.705. The molecule has 0 aromatic carbocycles. The van der Waals surface area contributed by atoms with E-state index in [4.69, 9.17) is 0 Å². The third-order valence-corrected chi connectivity index (χ3v) is 4.45. The van der Waals surface area contributed by atoms with E-state index in [1.165, 1.54) is 38.9 Å². The van der Waals surface area contributed by atoms with E-state index in [1.54, 1.807) is 0 Å². The lowest BCUT2D eigenvalue weighted by Gasteiger charge is -2.51. The molecular formula is C14H28N2. The van der Waals surface area contributed by atoms with Crippen molar-refractivity contribution in [1.82, 2.24) is 9.80 Å². The number of rotatable bonds is 2. The van der Waals surface area contributed by atoms with E-state index in [-0.39, 0.29) is 0 Å². The highest BCUT2D eigenvalue weighted by Gasteiger charge is 2.36.